The van der Waals surface area contributed by atoms with Crippen LogP contribution in [0.2, 0.25) is 0 Å². The third-order valence-electron chi connectivity index (χ3n) is 1.23. The first kappa shape index (κ1) is 10.0. The van der Waals surface area contributed by atoms with E-state index in [1.165, 1.54) is 17.6 Å². The zero-order chi connectivity index (χ0) is 9.35. The summed E-state index contributed by atoms with van der Waals surface area (Å²) in [6.45, 7) is 0. The average Bonchev–Trinajstić information content (AvgIpc) is 2.06. The molecular formula is C6H8BrNO2S2. The molecule has 1 aromatic heterocycles. The van der Waals surface area contributed by atoms with Crippen molar-refractivity contribution in [3.05, 3.63) is 15.4 Å². The molecule has 1 heterocycles. The Labute approximate surface area is 83.6 Å². The molecular weight excluding hydrogens is 262 g/mol. The number of nitrogens with two attached hydrogens (primary N) is 1. The van der Waals surface area contributed by atoms with Crippen molar-refractivity contribution in [3.8, 4) is 0 Å². The molecule has 0 aliphatic heterocycles. The highest BCUT2D eigenvalue weighted by Crippen LogP contribution is 2.30. The SMILES string of the molecule is CS(=O)(=O)Cc1cc(Br)sc1N. The van der Waals surface area contributed by atoms with Crippen molar-refractivity contribution >= 4 is 42.1 Å². The minimum Gasteiger partial charge on any atom is -0.390 e. The lowest BCUT2D eigenvalue weighted by molar-refractivity contribution is 0.601. The summed E-state index contributed by atoms with van der Waals surface area (Å²) in [5, 5.41) is 0.562. The molecule has 0 unspecified atom stereocenters. The van der Waals surface area contributed by atoms with Gasteiger partial charge in [0.1, 0.15) is 0 Å². The van der Waals surface area contributed by atoms with Crippen LogP contribution in [-0.2, 0) is 15.6 Å². The van der Waals surface area contributed by atoms with E-state index in [1.807, 2.05) is 0 Å². The van der Waals surface area contributed by atoms with Gasteiger partial charge in [0.25, 0.3) is 0 Å². The summed E-state index contributed by atoms with van der Waals surface area (Å²) in [6, 6.07) is 1.74. The summed E-state index contributed by atoms with van der Waals surface area (Å²) in [5.74, 6) is 0.0148. The van der Waals surface area contributed by atoms with Crippen molar-refractivity contribution in [2.24, 2.45) is 0 Å². The molecule has 1 aromatic rings. The van der Waals surface area contributed by atoms with E-state index in [4.69, 9.17) is 5.73 Å². The third kappa shape index (κ3) is 2.76. The highest BCUT2D eigenvalue weighted by molar-refractivity contribution is 9.11. The highest BCUT2D eigenvalue weighted by atomic mass is 79.9. The van der Waals surface area contributed by atoms with E-state index in [2.05, 4.69) is 15.9 Å². The molecule has 0 aliphatic carbocycles. The van der Waals surface area contributed by atoms with E-state index in [9.17, 15) is 8.42 Å². The second-order valence-corrected chi connectivity index (χ2v) is 7.11. The Bertz CT molecular complexity index is 382. The fourth-order valence-electron chi connectivity index (χ4n) is 0.803. The molecule has 0 aliphatic rings. The minimum absolute atomic E-state index is 0.0148. The van der Waals surface area contributed by atoms with E-state index in [0.29, 0.717) is 10.6 Å². The van der Waals surface area contributed by atoms with Gasteiger partial charge in [-0.05, 0) is 22.0 Å². The van der Waals surface area contributed by atoms with Gasteiger partial charge in [0.2, 0.25) is 0 Å². The Morgan fingerprint density at radius 1 is 1.67 bits per heavy atom. The predicted octanol–water partition coefficient (Wildman–Crippen LogP) is 1.64. The van der Waals surface area contributed by atoms with E-state index < -0.39 is 9.84 Å². The van der Waals surface area contributed by atoms with Gasteiger partial charge in [0, 0.05) is 11.8 Å². The van der Waals surface area contributed by atoms with Gasteiger partial charge in [-0.2, -0.15) is 0 Å². The molecule has 12 heavy (non-hydrogen) atoms. The molecule has 0 fully saturated rings. The molecule has 0 radical (unpaired) electrons. The standard InChI is InChI=1S/C6H8BrNO2S2/c1-12(9,10)3-4-2-5(7)11-6(4)8/h2H,3,8H2,1H3. The Kier molecular flexibility index (Phi) is 2.80. The largest absolute Gasteiger partial charge is 0.390 e. The summed E-state index contributed by atoms with van der Waals surface area (Å²) in [6.07, 6.45) is 1.19. The molecule has 2 N–H and O–H groups in total. The van der Waals surface area contributed by atoms with Crippen LogP contribution in [0.5, 0.6) is 0 Å². The van der Waals surface area contributed by atoms with Crippen molar-refractivity contribution in [2.45, 2.75) is 5.75 Å². The zero-order valence-electron chi connectivity index (χ0n) is 6.37. The topological polar surface area (TPSA) is 60.2 Å². The molecule has 0 amide bonds. The first-order chi connectivity index (χ1) is 5.38. The van der Waals surface area contributed by atoms with Gasteiger partial charge >= 0.3 is 0 Å². The van der Waals surface area contributed by atoms with Crippen LogP contribution < -0.4 is 5.73 Å². The van der Waals surface area contributed by atoms with Crippen LogP contribution in [0.25, 0.3) is 0 Å². The Morgan fingerprint density at radius 2 is 2.25 bits per heavy atom. The average molecular weight is 270 g/mol. The second kappa shape index (κ2) is 3.35. The molecule has 0 atom stereocenters. The van der Waals surface area contributed by atoms with Gasteiger partial charge in [-0.1, -0.05) is 0 Å². The van der Waals surface area contributed by atoms with Gasteiger partial charge < -0.3 is 5.73 Å². The number of hydrogen-bond donors (Lipinski definition) is 1. The van der Waals surface area contributed by atoms with Crippen LogP contribution in [0.3, 0.4) is 0 Å². The summed E-state index contributed by atoms with van der Waals surface area (Å²) in [7, 11) is -2.98. The summed E-state index contributed by atoms with van der Waals surface area (Å²) in [5.41, 5.74) is 6.25. The maximum absolute atomic E-state index is 10.9. The van der Waals surface area contributed by atoms with Gasteiger partial charge in [-0.25, -0.2) is 8.42 Å². The number of hydrogen-bond acceptors (Lipinski definition) is 4. The molecule has 68 valence electrons. The lowest BCUT2D eigenvalue weighted by Gasteiger charge is -1.95. The maximum Gasteiger partial charge on any atom is 0.151 e. The summed E-state index contributed by atoms with van der Waals surface area (Å²) >= 11 is 4.57. The zero-order valence-corrected chi connectivity index (χ0v) is 9.59. The van der Waals surface area contributed by atoms with Crippen molar-refractivity contribution in [2.75, 3.05) is 12.0 Å². The lowest BCUT2D eigenvalue weighted by Crippen LogP contribution is -2.01. The maximum atomic E-state index is 10.9. The van der Waals surface area contributed by atoms with Gasteiger partial charge in [0.15, 0.2) is 9.84 Å². The quantitative estimate of drug-likeness (QED) is 0.888. The molecule has 0 saturated heterocycles. The van der Waals surface area contributed by atoms with Crippen molar-refractivity contribution in [1.82, 2.24) is 0 Å². The Balaban J connectivity index is 2.97. The number of nitrogen functional groups attached to an aromatic ring is 1. The normalized spacial score (nSPS) is 11.8. The highest BCUT2D eigenvalue weighted by Gasteiger charge is 2.10. The fraction of sp³-hybridized carbons (Fsp3) is 0.333. The smallest absolute Gasteiger partial charge is 0.151 e. The Hall–Kier alpha value is -0.0700. The molecule has 0 spiro atoms. The van der Waals surface area contributed by atoms with E-state index in [-0.39, 0.29) is 5.75 Å². The number of anilines is 1. The van der Waals surface area contributed by atoms with E-state index >= 15 is 0 Å². The van der Waals surface area contributed by atoms with Gasteiger partial charge in [-0.15, -0.1) is 11.3 Å². The predicted molar refractivity (Wildman–Crippen MR) is 55.0 cm³/mol. The van der Waals surface area contributed by atoms with Crippen LogP contribution in [0.1, 0.15) is 5.56 Å². The van der Waals surface area contributed by atoms with Gasteiger partial charge in [0.05, 0.1) is 14.5 Å². The molecule has 1 rings (SSSR count). The van der Waals surface area contributed by atoms with E-state index in [0.717, 1.165) is 3.79 Å². The number of thiophene rings is 1. The summed E-state index contributed by atoms with van der Waals surface area (Å²) in [4.78, 5) is 0. The van der Waals surface area contributed by atoms with Crippen molar-refractivity contribution in [1.29, 1.82) is 0 Å². The molecule has 3 nitrogen and oxygen atoms in total. The monoisotopic (exact) mass is 269 g/mol. The van der Waals surface area contributed by atoms with Gasteiger partial charge in [-0.3, -0.25) is 0 Å². The summed E-state index contributed by atoms with van der Waals surface area (Å²) < 4.78 is 22.7. The van der Waals surface area contributed by atoms with E-state index in [1.54, 1.807) is 6.07 Å². The molecule has 0 saturated carbocycles. The minimum atomic E-state index is -2.98. The second-order valence-electron chi connectivity index (χ2n) is 2.51. The number of rotatable bonds is 2. The molecule has 0 bridgehead atoms. The third-order valence-corrected chi connectivity index (χ3v) is 3.57. The van der Waals surface area contributed by atoms with Crippen molar-refractivity contribution in [3.63, 3.8) is 0 Å². The fourth-order valence-corrected chi connectivity index (χ4v) is 3.17. The van der Waals surface area contributed by atoms with Crippen LogP contribution >= 0.6 is 27.3 Å². The number of halogens is 1. The van der Waals surface area contributed by atoms with Crippen LogP contribution in [-0.4, -0.2) is 14.7 Å². The first-order valence-electron chi connectivity index (χ1n) is 3.10. The Morgan fingerprint density at radius 3 is 2.58 bits per heavy atom. The number of sulfone groups is 1. The van der Waals surface area contributed by atoms with Crippen LogP contribution in [0, 0.1) is 0 Å². The van der Waals surface area contributed by atoms with Crippen molar-refractivity contribution < 1.29 is 8.42 Å². The van der Waals surface area contributed by atoms with Crippen LogP contribution in [0.4, 0.5) is 5.00 Å². The molecule has 6 heteroatoms. The lowest BCUT2D eigenvalue weighted by atomic mass is 10.4. The van der Waals surface area contributed by atoms with Crippen LogP contribution in [0.15, 0.2) is 9.85 Å². The first-order valence-corrected chi connectivity index (χ1v) is 6.77. The molecule has 0 aromatic carbocycles.